The van der Waals surface area contributed by atoms with Gasteiger partial charge >= 0.3 is 0 Å². The maximum atomic E-state index is 13.5. The molecular formula is C12H15FN2O. The molecule has 0 saturated carbocycles. The first-order valence-corrected chi connectivity index (χ1v) is 5.25. The van der Waals surface area contributed by atoms with E-state index < -0.39 is 5.82 Å². The zero-order chi connectivity index (χ0) is 11.8. The van der Waals surface area contributed by atoms with Crippen LogP contribution < -0.4 is 5.32 Å². The fourth-order valence-electron chi connectivity index (χ4n) is 1.28. The molecule has 3 nitrogen and oxygen atoms in total. The first kappa shape index (κ1) is 12.6. The zero-order valence-electron chi connectivity index (χ0n) is 9.29. The van der Waals surface area contributed by atoms with E-state index in [-0.39, 0.29) is 12.2 Å². The highest BCUT2D eigenvalue weighted by atomic mass is 19.1. The Kier molecular flexibility index (Phi) is 5.48. The molecule has 0 aliphatic rings. The predicted molar refractivity (Wildman–Crippen MR) is 59.3 cm³/mol. The third-order valence-electron chi connectivity index (χ3n) is 2.13. The van der Waals surface area contributed by atoms with Crippen LogP contribution in [-0.2, 0) is 11.3 Å². The van der Waals surface area contributed by atoms with Crippen molar-refractivity contribution in [3.05, 3.63) is 35.1 Å². The molecule has 0 bridgehead atoms. The molecule has 0 fully saturated rings. The van der Waals surface area contributed by atoms with Crippen molar-refractivity contribution >= 4 is 0 Å². The van der Waals surface area contributed by atoms with Crippen LogP contribution in [0.4, 0.5) is 4.39 Å². The van der Waals surface area contributed by atoms with E-state index in [1.807, 2.05) is 6.92 Å². The van der Waals surface area contributed by atoms with Gasteiger partial charge in [-0.2, -0.15) is 5.26 Å². The Labute approximate surface area is 94.8 Å². The number of rotatable bonds is 6. The van der Waals surface area contributed by atoms with E-state index in [0.29, 0.717) is 12.2 Å². The molecule has 1 N–H and O–H groups in total. The van der Waals surface area contributed by atoms with Gasteiger partial charge in [-0.15, -0.1) is 0 Å². The summed E-state index contributed by atoms with van der Waals surface area (Å²) in [5.41, 5.74) is 0.489. The number of hydrogen-bond donors (Lipinski definition) is 1. The van der Waals surface area contributed by atoms with E-state index >= 15 is 0 Å². The Bertz CT molecular complexity index is 374. The Hall–Kier alpha value is -1.44. The zero-order valence-corrected chi connectivity index (χ0v) is 9.29. The standard InChI is InChI=1S/C12H15FN2O/c1-2-15-6-7-16-9-11-5-3-4-10(8-14)12(11)13/h3-5,15H,2,6-7,9H2,1H3. The molecule has 0 aromatic heterocycles. The average molecular weight is 222 g/mol. The Balaban J connectivity index is 2.45. The van der Waals surface area contributed by atoms with Crippen LogP contribution in [0.2, 0.25) is 0 Å². The van der Waals surface area contributed by atoms with Crippen molar-refractivity contribution in [2.45, 2.75) is 13.5 Å². The minimum Gasteiger partial charge on any atom is -0.375 e. The van der Waals surface area contributed by atoms with Gasteiger partial charge in [0.05, 0.1) is 18.8 Å². The van der Waals surface area contributed by atoms with E-state index in [0.717, 1.165) is 13.1 Å². The maximum Gasteiger partial charge on any atom is 0.146 e. The van der Waals surface area contributed by atoms with E-state index in [4.69, 9.17) is 10.00 Å². The number of nitrogens with one attached hydrogen (secondary N) is 1. The van der Waals surface area contributed by atoms with Crippen LogP contribution in [0.3, 0.4) is 0 Å². The molecular weight excluding hydrogens is 207 g/mol. The normalized spacial score (nSPS) is 10.1. The summed E-state index contributed by atoms with van der Waals surface area (Å²) in [6.45, 7) is 4.38. The third-order valence-corrected chi connectivity index (χ3v) is 2.13. The highest BCUT2D eigenvalue weighted by Gasteiger charge is 2.06. The van der Waals surface area contributed by atoms with Gasteiger partial charge in [0.15, 0.2) is 0 Å². The van der Waals surface area contributed by atoms with Crippen molar-refractivity contribution in [1.82, 2.24) is 5.32 Å². The number of ether oxygens (including phenoxy) is 1. The first-order chi connectivity index (χ1) is 7.79. The summed E-state index contributed by atoms with van der Waals surface area (Å²) in [6.07, 6.45) is 0. The Morgan fingerprint density at radius 1 is 1.50 bits per heavy atom. The van der Waals surface area contributed by atoms with Crippen LogP contribution in [0.1, 0.15) is 18.1 Å². The minimum atomic E-state index is -0.478. The molecule has 0 aliphatic carbocycles. The lowest BCUT2D eigenvalue weighted by Crippen LogP contribution is -2.18. The van der Waals surface area contributed by atoms with Crippen LogP contribution in [-0.4, -0.2) is 19.7 Å². The molecule has 0 unspecified atom stereocenters. The molecule has 86 valence electrons. The lowest BCUT2D eigenvalue weighted by molar-refractivity contribution is 0.120. The molecule has 0 atom stereocenters. The molecule has 0 aliphatic heterocycles. The van der Waals surface area contributed by atoms with Gasteiger partial charge in [0.1, 0.15) is 11.9 Å². The van der Waals surface area contributed by atoms with Crippen molar-refractivity contribution in [3.8, 4) is 6.07 Å². The lowest BCUT2D eigenvalue weighted by atomic mass is 10.1. The lowest BCUT2D eigenvalue weighted by Gasteiger charge is -2.06. The van der Waals surface area contributed by atoms with Gasteiger partial charge in [0.25, 0.3) is 0 Å². The van der Waals surface area contributed by atoms with Crippen LogP contribution in [0.5, 0.6) is 0 Å². The molecule has 0 heterocycles. The second-order valence-corrected chi connectivity index (χ2v) is 3.30. The van der Waals surface area contributed by atoms with Gasteiger partial charge in [0.2, 0.25) is 0 Å². The second-order valence-electron chi connectivity index (χ2n) is 3.30. The van der Waals surface area contributed by atoms with E-state index in [2.05, 4.69) is 5.32 Å². The summed E-state index contributed by atoms with van der Waals surface area (Å²) < 4.78 is 18.8. The van der Waals surface area contributed by atoms with Gasteiger partial charge in [-0.1, -0.05) is 19.1 Å². The molecule has 0 spiro atoms. The molecule has 1 aromatic carbocycles. The fraction of sp³-hybridized carbons (Fsp3) is 0.417. The van der Waals surface area contributed by atoms with Crippen molar-refractivity contribution in [2.75, 3.05) is 19.7 Å². The van der Waals surface area contributed by atoms with Crippen molar-refractivity contribution in [2.24, 2.45) is 0 Å². The number of likely N-dealkylation sites (N-methyl/N-ethyl adjacent to an activating group) is 1. The summed E-state index contributed by atoms with van der Waals surface area (Å²) in [7, 11) is 0. The molecule has 0 amide bonds. The number of nitrogens with zero attached hydrogens (tertiary/aromatic N) is 1. The molecule has 16 heavy (non-hydrogen) atoms. The number of halogens is 1. The Morgan fingerprint density at radius 3 is 3.00 bits per heavy atom. The van der Waals surface area contributed by atoms with Gasteiger partial charge in [0, 0.05) is 12.1 Å². The average Bonchev–Trinajstić information content (AvgIpc) is 2.31. The van der Waals surface area contributed by atoms with Crippen LogP contribution in [0.15, 0.2) is 18.2 Å². The van der Waals surface area contributed by atoms with E-state index in [1.54, 1.807) is 18.2 Å². The van der Waals surface area contributed by atoms with Crippen molar-refractivity contribution < 1.29 is 9.13 Å². The Morgan fingerprint density at radius 2 is 2.31 bits per heavy atom. The molecule has 4 heteroatoms. The number of nitriles is 1. The highest BCUT2D eigenvalue weighted by Crippen LogP contribution is 2.12. The largest absolute Gasteiger partial charge is 0.375 e. The van der Waals surface area contributed by atoms with E-state index in [1.165, 1.54) is 6.07 Å². The number of hydrogen-bond acceptors (Lipinski definition) is 3. The summed E-state index contributed by atoms with van der Waals surface area (Å²) in [5, 5.41) is 11.7. The van der Waals surface area contributed by atoms with Gasteiger partial charge in [-0.25, -0.2) is 4.39 Å². The topological polar surface area (TPSA) is 45.0 Å². The molecule has 1 aromatic rings. The second kappa shape index (κ2) is 6.94. The summed E-state index contributed by atoms with van der Waals surface area (Å²) in [5.74, 6) is -0.478. The maximum absolute atomic E-state index is 13.5. The number of benzene rings is 1. The van der Waals surface area contributed by atoms with Crippen LogP contribution >= 0.6 is 0 Å². The molecule has 1 rings (SSSR count). The third kappa shape index (κ3) is 3.61. The highest BCUT2D eigenvalue weighted by molar-refractivity contribution is 5.34. The monoisotopic (exact) mass is 222 g/mol. The minimum absolute atomic E-state index is 0.0628. The summed E-state index contributed by atoms with van der Waals surface area (Å²) in [4.78, 5) is 0. The van der Waals surface area contributed by atoms with E-state index in [9.17, 15) is 4.39 Å². The van der Waals surface area contributed by atoms with Crippen LogP contribution in [0, 0.1) is 17.1 Å². The first-order valence-electron chi connectivity index (χ1n) is 5.25. The van der Waals surface area contributed by atoms with Crippen molar-refractivity contribution in [3.63, 3.8) is 0 Å². The SMILES string of the molecule is CCNCCOCc1cccc(C#N)c1F. The van der Waals surface area contributed by atoms with Crippen LogP contribution in [0.25, 0.3) is 0 Å². The molecule has 0 saturated heterocycles. The van der Waals surface area contributed by atoms with Gasteiger partial charge in [-0.05, 0) is 12.6 Å². The summed E-state index contributed by atoms with van der Waals surface area (Å²) in [6, 6.07) is 6.55. The van der Waals surface area contributed by atoms with Gasteiger partial charge < -0.3 is 10.1 Å². The fourth-order valence-corrected chi connectivity index (χ4v) is 1.28. The van der Waals surface area contributed by atoms with Crippen molar-refractivity contribution in [1.29, 1.82) is 5.26 Å². The molecule has 0 radical (unpaired) electrons. The smallest absolute Gasteiger partial charge is 0.146 e. The van der Waals surface area contributed by atoms with Gasteiger partial charge in [-0.3, -0.25) is 0 Å². The summed E-state index contributed by atoms with van der Waals surface area (Å²) >= 11 is 0. The predicted octanol–water partition coefficient (Wildman–Crippen LogP) is 1.82. The quantitative estimate of drug-likeness (QED) is 0.747.